The third-order valence-electron chi connectivity index (χ3n) is 2.94. The maximum absolute atomic E-state index is 5.99. The van der Waals surface area contributed by atoms with Crippen molar-refractivity contribution < 1.29 is 4.43 Å². The Morgan fingerprint density at radius 3 is 1.92 bits per heavy atom. The molecule has 0 fully saturated rings. The van der Waals surface area contributed by atoms with E-state index in [-0.39, 0.29) is 0 Å². The maximum Gasteiger partial charge on any atom is 0.192 e. The van der Waals surface area contributed by atoms with E-state index in [4.69, 9.17) is 4.43 Å². The van der Waals surface area contributed by atoms with Crippen molar-refractivity contribution in [2.24, 2.45) is 0 Å². The quantitative estimate of drug-likeness (QED) is 0.419. The van der Waals surface area contributed by atoms with Gasteiger partial charge in [-0.15, -0.1) is 0 Å². The minimum absolute atomic E-state index is 1.13. The summed E-state index contributed by atoms with van der Waals surface area (Å²) in [5, 5.41) is 0. The summed E-state index contributed by atoms with van der Waals surface area (Å²) in [7, 11) is -1.32. The molecule has 0 amide bonds. The molecule has 0 rings (SSSR count). The van der Waals surface area contributed by atoms with Crippen molar-refractivity contribution in [3.8, 4) is 0 Å². The number of unbranched alkanes of at least 4 members (excludes halogenated alkanes) is 2. The number of hydrogen-bond donors (Lipinski definition) is 0. The van der Waals surface area contributed by atoms with Gasteiger partial charge in [-0.25, -0.2) is 0 Å². The highest BCUT2D eigenvalue weighted by atomic mass is 28.4. The van der Waals surface area contributed by atoms with E-state index in [0.717, 1.165) is 6.42 Å². The van der Waals surface area contributed by atoms with Crippen LogP contribution in [0.5, 0.6) is 0 Å². The predicted molar refractivity (Wildman–Crippen MR) is 62.1 cm³/mol. The first-order chi connectivity index (χ1) is 6.24. The Morgan fingerprint density at radius 1 is 1.00 bits per heavy atom. The second-order valence-electron chi connectivity index (χ2n) is 3.67. The predicted octanol–water partition coefficient (Wildman–Crippen LogP) is 4.36. The van der Waals surface area contributed by atoms with Gasteiger partial charge >= 0.3 is 0 Å². The molecule has 0 unspecified atom stereocenters. The summed E-state index contributed by atoms with van der Waals surface area (Å²) in [5.41, 5.74) is 0. The Balaban J connectivity index is 3.68. The fourth-order valence-corrected chi connectivity index (χ4v) is 3.99. The molecule has 0 N–H and O–H groups in total. The fourth-order valence-electron chi connectivity index (χ4n) is 1.52. The summed E-state index contributed by atoms with van der Waals surface area (Å²) in [4.78, 5) is 0. The zero-order valence-electron chi connectivity index (χ0n) is 9.73. The van der Waals surface area contributed by atoms with Crippen LogP contribution in [-0.4, -0.2) is 8.32 Å². The SMILES string of the molecule is CCCC[CH]O[Si](CC)(CC)CC. The van der Waals surface area contributed by atoms with Crippen LogP contribution in [0, 0.1) is 6.61 Å². The highest BCUT2D eigenvalue weighted by Gasteiger charge is 2.28. The molecule has 79 valence electrons. The Hall–Kier alpha value is 0.177. The van der Waals surface area contributed by atoms with Crippen LogP contribution in [0.2, 0.25) is 18.1 Å². The fraction of sp³-hybridized carbons (Fsp3) is 0.909. The van der Waals surface area contributed by atoms with Gasteiger partial charge in [-0.3, -0.25) is 0 Å². The summed E-state index contributed by atoms with van der Waals surface area (Å²) in [5.74, 6) is 0. The molecular weight excluding hydrogens is 176 g/mol. The van der Waals surface area contributed by atoms with Crippen LogP contribution in [0.1, 0.15) is 47.0 Å². The normalized spacial score (nSPS) is 12.0. The van der Waals surface area contributed by atoms with Crippen molar-refractivity contribution in [1.29, 1.82) is 0 Å². The van der Waals surface area contributed by atoms with Crippen molar-refractivity contribution in [3.63, 3.8) is 0 Å². The van der Waals surface area contributed by atoms with Crippen molar-refractivity contribution in [3.05, 3.63) is 6.61 Å². The first-order valence-electron chi connectivity index (χ1n) is 5.74. The summed E-state index contributed by atoms with van der Waals surface area (Å²) in [6.07, 6.45) is 3.66. The molecular formula is C11H25OSi. The third-order valence-corrected chi connectivity index (χ3v) is 7.47. The van der Waals surface area contributed by atoms with Crippen LogP contribution in [0.3, 0.4) is 0 Å². The van der Waals surface area contributed by atoms with Gasteiger partial charge in [0.1, 0.15) is 0 Å². The molecule has 0 bridgehead atoms. The van der Waals surface area contributed by atoms with E-state index in [0.29, 0.717) is 0 Å². The van der Waals surface area contributed by atoms with Crippen LogP contribution >= 0.6 is 0 Å². The minimum atomic E-state index is -1.32. The zero-order chi connectivity index (χ0) is 10.2. The van der Waals surface area contributed by atoms with E-state index in [9.17, 15) is 0 Å². The monoisotopic (exact) mass is 201 g/mol. The maximum atomic E-state index is 5.99. The number of hydrogen-bond acceptors (Lipinski definition) is 1. The second-order valence-corrected chi connectivity index (χ2v) is 8.39. The topological polar surface area (TPSA) is 9.23 Å². The molecule has 0 aromatic rings. The summed E-state index contributed by atoms with van der Waals surface area (Å²) >= 11 is 0. The molecule has 0 aromatic carbocycles. The van der Waals surface area contributed by atoms with E-state index in [1.165, 1.54) is 31.0 Å². The zero-order valence-corrected chi connectivity index (χ0v) is 10.7. The van der Waals surface area contributed by atoms with E-state index >= 15 is 0 Å². The molecule has 0 atom stereocenters. The molecule has 0 aromatic heterocycles. The van der Waals surface area contributed by atoms with E-state index in [1.54, 1.807) is 0 Å². The third kappa shape index (κ3) is 4.82. The molecule has 0 aliphatic rings. The largest absolute Gasteiger partial charge is 0.411 e. The first-order valence-corrected chi connectivity index (χ1v) is 8.27. The smallest absolute Gasteiger partial charge is 0.192 e. The standard InChI is InChI=1S/C11H25OSi/c1-5-9-10-11-12-13(6-2,7-3)8-4/h11H,5-10H2,1-4H3. The molecule has 0 aliphatic heterocycles. The van der Waals surface area contributed by atoms with Crippen molar-refractivity contribution in [2.75, 3.05) is 0 Å². The summed E-state index contributed by atoms with van der Waals surface area (Å²) in [6, 6.07) is 3.76. The molecule has 13 heavy (non-hydrogen) atoms. The van der Waals surface area contributed by atoms with Crippen LogP contribution in [0.25, 0.3) is 0 Å². The summed E-state index contributed by atoms with van der Waals surface area (Å²) in [6.45, 7) is 11.1. The highest BCUT2D eigenvalue weighted by Crippen LogP contribution is 2.23. The Kier molecular flexibility index (Phi) is 7.67. The Bertz CT molecular complexity index is 102. The molecule has 0 heterocycles. The minimum Gasteiger partial charge on any atom is -0.411 e. The average Bonchev–Trinajstić information content (AvgIpc) is 2.20. The van der Waals surface area contributed by atoms with E-state index in [1.807, 2.05) is 0 Å². The Morgan fingerprint density at radius 2 is 1.54 bits per heavy atom. The molecule has 0 saturated heterocycles. The van der Waals surface area contributed by atoms with Crippen LogP contribution < -0.4 is 0 Å². The van der Waals surface area contributed by atoms with Gasteiger partial charge in [0.2, 0.25) is 0 Å². The lowest BCUT2D eigenvalue weighted by atomic mass is 10.3. The van der Waals surface area contributed by atoms with Gasteiger partial charge in [0, 0.05) is 0 Å². The van der Waals surface area contributed by atoms with Gasteiger partial charge in [-0.1, -0.05) is 40.5 Å². The molecule has 1 nitrogen and oxygen atoms in total. The van der Waals surface area contributed by atoms with Gasteiger partial charge in [0.25, 0.3) is 0 Å². The lowest BCUT2D eigenvalue weighted by Gasteiger charge is -2.27. The average molecular weight is 201 g/mol. The van der Waals surface area contributed by atoms with E-state index < -0.39 is 8.32 Å². The van der Waals surface area contributed by atoms with Crippen LogP contribution in [-0.2, 0) is 4.43 Å². The number of rotatable bonds is 8. The highest BCUT2D eigenvalue weighted by molar-refractivity contribution is 6.73. The van der Waals surface area contributed by atoms with Crippen molar-refractivity contribution in [2.45, 2.75) is 65.1 Å². The van der Waals surface area contributed by atoms with Gasteiger partial charge in [0.05, 0.1) is 6.61 Å². The molecule has 0 spiro atoms. The second kappa shape index (κ2) is 7.57. The Labute approximate surface area is 85.0 Å². The van der Waals surface area contributed by atoms with Crippen LogP contribution in [0.4, 0.5) is 0 Å². The van der Waals surface area contributed by atoms with Crippen molar-refractivity contribution >= 4 is 8.32 Å². The van der Waals surface area contributed by atoms with E-state index in [2.05, 4.69) is 34.3 Å². The molecule has 2 heteroatoms. The first kappa shape index (κ1) is 13.2. The molecule has 1 radical (unpaired) electrons. The molecule has 0 aliphatic carbocycles. The van der Waals surface area contributed by atoms with Gasteiger partial charge < -0.3 is 4.43 Å². The van der Waals surface area contributed by atoms with Gasteiger partial charge in [-0.05, 0) is 24.6 Å². The summed E-state index contributed by atoms with van der Waals surface area (Å²) < 4.78 is 5.99. The lowest BCUT2D eigenvalue weighted by Crippen LogP contribution is -2.34. The van der Waals surface area contributed by atoms with Gasteiger partial charge in [0.15, 0.2) is 8.32 Å². The van der Waals surface area contributed by atoms with Crippen LogP contribution in [0.15, 0.2) is 0 Å². The lowest BCUT2D eigenvalue weighted by molar-refractivity contribution is 0.367. The van der Waals surface area contributed by atoms with Crippen molar-refractivity contribution in [1.82, 2.24) is 0 Å². The molecule has 0 saturated carbocycles. The van der Waals surface area contributed by atoms with Gasteiger partial charge in [-0.2, -0.15) is 0 Å².